The van der Waals surface area contributed by atoms with Crippen molar-refractivity contribution in [2.75, 3.05) is 32.6 Å². The molecular formula is C38H44Cl2F2N4O8. The van der Waals surface area contributed by atoms with Gasteiger partial charge in [-0.1, -0.05) is 62.2 Å². The summed E-state index contributed by atoms with van der Waals surface area (Å²) < 4.78 is 48.0. The van der Waals surface area contributed by atoms with Crippen LogP contribution in [0.5, 0.6) is 5.75 Å². The number of methoxy groups -OCH3 is 1. The van der Waals surface area contributed by atoms with Gasteiger partial charge in [-0.3, -0.25) is 9.79 Å². The first kappa shape index (κ1) is 42.4. The van der Waals surface area contributed by atoms with E-state index in [1.165, 1.54) is 69.6 Å². The Balaban J connectivity index is 1.72. The third-order valence-corrected chi connectivity index (χ3v) is 9.42. The topological polar surface area (TPSA) is 168 Å². The molecule has 3 aromatic rings. The van der Waals surface area contributed by atoms with Crippen LogP contribution in [0.2, 0.25) is 10.0 Å². The second-order valence-corrected chi connectivity index (χ2v) is 14.9. The van der Waals surface area contributed by atoms with E-state index in [2.05, 4.69) is 20.9 Å². The number of hydrogen-bond acceptors (Lipinski definition) is 10. The lowest BCUT2D eigenvalue weighted by molar-refractivity contribution is -0.118. The van der Waals surface area contributed by atoms with Crippen LogP contribution in [0.25, 0.3) is 0 Å². The minimum absolute atomic E-state index is 0.0177. The van der Waals surface area contributed by atoms with Crippen LogP contribution in [0.15, 0.2) is 59.6 Å². The summed E-state index contributed by atoms with van der Waals surface area (Å²) in [6.07, 6.45) is -1.58. The SMILES string of the molecule is C/N=C/[C@]1(c2ccc(Cl)cc2F)[C@H](CC(C)(C)C)N[C@@H](C(=O)Nc2ccc(C(=O)OC(C)OC(=O)NCC(O)CO)cc2OC)[C@@H]1c1cccc(Cl)c1F. The molecule has 16 heteroatoms. The number of nitrogens with zero attached hydrogens (tertiary/aromatic N) is 1. The first-order valence-electron chi connectivity index (χ1n) is 17.0. The first-order chi connectivity index (χ1) is 25.4. The number of nitrogens with one attached hydrogen (secondary N) is 3. The lowest BCUT2D eigenvalue weighted by atomic mass is 9.62. The van der Waals surface area contributed by atoms with E-state index in [0.29, 0.717) is 6.42 Å². The standard InChI is InChI=1S/C38H44Cl2F2N4O8/c1-20(54-36(51)44-17-23(48)18-47)53-35(50)21-10-13-28(29(14-21)52-6)45-34(49)33-31(24-8-7-9-26(40)32(24)42)38(19-43-5,30(46-33)16-37(2,3)4)25-12-11-22(39)15-27(25)41/h7-15,19-20,23,30-31,33,46-48H,16-18H2,1-6H3,(H,44,51)(H,45,49)/b43-19+/t20?,23?,30-,31-,33+,38-/m0/s1. The first-order valence-corrected chi connectivity index (χ1v) is 17.7. The predicted molar refractivity (Wildman–Crippen MR) is 201 cm³/mol. The molecule has 292 valence electrons. The molecule has 0 aromatic heterocycles. The molecule has 1 aliphatic rings. The Morgan fingerprint density at radius 3 is 2.44 bits per heavy atom. The Labute approximate surface area is 322 Å². The summed E-state index contributed by atoms with van der Waals surface area (Å²) >= 11 is 12.5. The Hall–Kier alpha value is -4.34. The molecule has 0 saturated carbocycles. The van der Waals surface area contributed by atoms with Gasteiger partial charge in [0.25, 0.3) is 0 Å². The molecule has 2 amide bonds. The van der Waals surface area contributed by atoms with Gasteiger partial charge < -0.3 is 40.4 Å². The Bertz CT molecular complexity index is 1880. The fourth-order valence-electron chi connectivity index (χ4n) is 6.69. The van der Waals surface area contributed by atoms with Gasteiger partial charge in [-0.15, -0.1) is 0 Å². The molecule has 54 heavy (non-hydrogen) atoms. The summed E-state index contributed by atoms with van der Waals surface area (Å²) in [5, 5.41) is 26.7. The van der Waals surface area contributed by atoms with E-state index in [9.17, 15) is 19.5 Å². The molecular weight excluding hydrogens is 749 g/mol. The highest BCUT2D eigenvalue weighted by atomic mass is 35.5. The minimum atomic E-state index is -1.43. The largest absolute Gasteiger partial charge is 0.495 e. The number of esters is 1. The fraction of sp³-hybridized carbons (Fsp3) is 0.421. The molecule has 6 atom stereocenters. The fourth-order valence-corrected chi connectivity index (χ4v) is 7.03. The van der Waals surface area contributed by atoms with Crippen LogP contribution in [0.4, 0.5) is 19.3 Å². The van der Waals surface area contributed by atoms with Crippen LogP contribution in [-0.4, -0.2) is 86.2 Å². The molecule has 4 rings (SSSR count). The number of carbonyl (C=O) groups is 3. The van der Waals surface area contributed by atoms with Gasteiger partial charge in [0.05, 0.1) is 47.6 Å². The number of aliphatic hydroxyl groups is 2. The number of benzene rings is 3. The summed E-state index contributed by atoms with van der Waals surface area (Å²) in [4.78, 5) is 43.7. The molecule has 1 aliphatic heterocycles. The van der Waals surface area contributed by atoms with Crippen molar-refractivity contribution >= 4 is 53.1 Å². The molecule has 1 saturated heterocycles. The van der Waals surface area contributed by atoms with E-state index >= 15 is 8.78 Å². The van der Waals surface area contributed by atoms with E-state index < -0.39 is 72.0 Å². The van der Waals surface area contributed by atoms with E-state index in [1.807, 2.05) is 20.8 Å². The van der Waals surface area contributed by atoms with Crippen LogP contribution >= 0.6 is 23.2 Å². The maximum atomic E-state index is 16.2. The van der Waals surface area contributed by atoms with E-state index in [1.54, 1.807) is 12.3 Å². The molecule has 0 radical (unpaired) electrons. The zero-order valence-corrected chi connectivity index (χ0v) is 32.1. The molecule has 2 unspecified atom stereocenters. The molecule has 1 fully saturated rings. The monoisotopic (exact) mass is 792 g/mol. The van der Waals surface area contributed by atoms with E-state index in [0.717, 1.165) is 0 Å². The zero-order chi connectivity index (χ0) is 40.0. The summed E-state index contributed by atoms with van der Waals surface area (Å²) in [5.41, 5.74) is -1.47. The number of hydrogen-bond donors (Lipinski definition) is 5. The van der Waals surface area contributed by atoms with Gasteiger partial charge in [-0.25, -0.2) is 18.4 Å². The van der Waals surface area contributed by atoms with E-state index in [4.69, 9.17) is 42.5 Å². The second kappa shape index (κ2) is 17.9. The van der Waals surface area contributed by atoms with Crippen LogP contribution in [0.3, 0.4) is 0 Å². The number of amides is 2. The summed E-state index contributed by atoms with van der Waals surface area (Å²) in [5.74, 6) is -4.01. The molecule has 12 nitrogen and oxygen atoms in total. The van der Waals surface area contributed by atoms with Gasteiger partial charge in [-0.05, 0) is 53.8 Å². The van der Waals surface area contributed by atoms with Gasteiger partial charge in [0, 0.05) is 49.3 Å². The van der Waals surface area contributed by atoms with Crippen molar-refractivity contribution in [3.63, 3.8) is 0 Å². The Morgan fingerprint density at radius 1 is 1.09 bits per heavy atom. The number of carbonyl (C=O) groups excluding carboxylic acids is 3. The average Bonchev–Trinajstić information content (AvgIpc) is 3.40. The molecule has 0 spiro atoms. The number of rotatable bonds is 13. The Morgan fingerprint density at radius 2 is 1.81 bits per heavy atom. The Kier molecular flexibility index (Phi) is 14.0. The highest BCUT2D eigenvalue weighted by Gasteiger charge is 2.59. The average molecular weight is 794 g/mol. The van der Waals surface area contributed by atoms with Gasteiger partial charge >= 0.3 is 12.1 Å². The van der Waals surface area contributed by atoms with E-state index in [-0.39, 0.29) is 50.1 Å². The minimum Gasteiger partial charge on any atom is -0.495 e. The molecule has 0 bridgehead atoms. The summed E-state index contributed by atoms with van der Waals surface area (Å²) in [7, 11) is 2.84. The van der Waals surface area contributed by atoms with Crippen LogP contribution < -0.4 is 20.7 Å². The number of anilines is 1. The van der Waals surface area contributed by atoms with Gasteiger partial charge in [0.1, 0.15) is 17.4 Å². The van der Waals surface area contributed by atoms with Crippen molar-refractivity contribution in [3.05, 3.63) is 93.0 Å². The van der Waals surface area contributed by atoms with Crippen molar-refractivity contribution in [2.24, 2.45) is 10.4 Å². The predicted octanol–water partition coefficient (Wildman–Crippen LogP) is 6.00. The number of alkyl carbamates (subject to hydrolysis) is 1. The van der Waals surface area contributed by atoms with Crippen molar-refractivity contribution in [2.45, 2.75) is 69.9 Å². The summed E-state index contributed by atoms with van der Waals surface area (Å²) in [6, 6.07) is 10.8. The number of halogens is 4. The number of aliphatic imine (C=N–C) groups is 1. The highest BCUT2D eigenvalue weighted by molar-refractivity contribution is 6.31. The van der Waals surface area contributed by atoms with Crippen LogP contribution in [0, 0.1) is 17.0 Å². The molecule has 3 aromatic carbocycles. The third-order valence-electron chi connectivity index (χ3n) is 8.90. The quantitative estimate of drug-likeness (QED) is 0.0793. The number of aliphatic hydroxyl groups excluding tert-OH is 2. The number of ether oxygens (including phenoxy) is 3. The van der Waals surface area contributed by atoms with Crippen LogP contribution in [0.1, 0.15) is 61.5 Å². The molecule has 1 heterocycles. The lowest BCUT2D eigenvalue weighted by Gasteiger charge is -2.40. The van der Waals surface area contributed by atoms with Crippen LogP contribution in [-0.2, 0) is 19.7 Å². The molecule has 0 aliphatic carbocycles. The van der Waals surface area contributed by atoms with Crippen molar-refractivity contribution < 1.29 is 47.6 Å². The van der Waals surface area contributed by atoms with Crippen molar-refractivity contribution in [3.8, 4) is 5.75 Å². The lowest BCUT2D eigenvalue weighted by Crippen LogP contribution is -2.47. The maximum Gasteiger partial charge on any atom is 0.410 e. The third kappa shape index (κ3) is 9.66. The smallest absolute Gasteiger partial charge is 0.410 e. The normalized spacial score (nSPS) is 21.0. The molecule has 5 N–H and O–H groups in total. The van der Waals surface area contributed by atoms with Crippen molar-refractivity contribution in [1.82, 2.24) is 10.6 Å². The zero-order valence-electron chi connectivity index (χ0n) is 30.6. The van der Waals surface area contributed by atoms with Crippen molar-refractivity contribution in [1.29, 1.82) is 0 Å². The highest BCUT2D eigenvalue weighted by Crippen LogP contribution is 2.52. The van der Waals surface area contributed by atoms with Gasteiger partial charge in [0.2, 0.25) is 12.2 Å². The summed E-state index contributed by atoms with van der Waals surface area (Å²) in [6.45, 7) is 6.42. The maximum absolute atomic E-state index is 16.2. The second-order valence-electron chi connectivity index (χ2n) is 14.0. The van der Waals surface area contributed by atoms with Gasteiger partial charge in [-0.2, -0.15) is 0 Å². The van der Waals surface area contributed by atoms with Gasteiger partial charge in [0.15, 0.2) is 0 Å².